The maximum Gasteiger partial charge on any atom is -1.00 e. The first-order chi connectivity index (χ1) is 22.7. The predicted molar refractivity (Wildman–Crippen MR) is 203 cm³/mol. The van der Waals surface area contributed by atoms with E-state index in [0.717, 1.165) is 24.2 Å². The first-order valence-corrected chi connectivity index (χ1v) is 22.9. The first kappa shape index (κ1) is 38.2. The zero-order valence-electron chi connectivity index (χ0n) is 32.1. The van der Waals surface area contributed by atoms with E-state index in [1.807, 2.05) is 3.28 Å². The Bertz CT molecular complexity index is 1860. The van der Waals surface area contributed by atoms with Crippen molar-refractivity contribution in [2.45, 2.75) is 125 Å². The average Bonchev–Trinajstić information content (AvgIpc) is 3.51. The summed E-state index contributed by atoms with van der Waals surface area (Å²) >= 11 is -2.64. The topological polar surface area (TPSA) is 0 Å². The van der Waals surface area contributed by atoms with E-state index in [0.29, 0.717) is 11.3 Å². The van der Waals surface area contributed by atoms with Gasteiger partial charge in [-0.05, 0) is 0 Å². The van der Waals surface area contributed by atoms with Crippen LogP contribution in [0.15, 0.2) is 81.2 Å². The number of allylic oxidation sites excluding steroid dienone is 4. The van der Waals surface area contributed by atoms with Crippen LogP contribution in [-0.4, -0.2) is 3.21 Å². The van der Waals surface area contributed by atoms with Crippen molar-refractivity contribution in [2.24, 2.45) is 29.1 Å². The summed E-state index contributed by atoms with van der Waals surface area (Å²) < 4.78 is 5.31. The van der Waals surface area contributed by atoms with Crippen molar-refractivity contribution in [1.82, 2.24) is 0 Å². The van der Waals surface area contributed by atoms with Gasteiger partial charge in [0.15, 0.2) is 0 Å². The van der Waals surface area contributed by atoms with Crippen molar-refractivity contribution < 1.29 is 46.1 Å². The summed E-state index contributed by atoms with van der Waals surface area (Å²) in [6, 6.07) is 24.2. The zero-order valence-corrected chi connectivity index (χ0v) is 36.0. The van der Waals surface area contributed by atoms with Gasteiger partial charge in [-0.15, -0.1) is 0 Å². The van der Waals surface area contributed by atoms with E-state index in [1.165, 1.54) is 78.3 Å². The van der Waals surface area contributed by atoms with Crippen LogP contribution >= 0.6 is 0 Å². The van der Waals surface area contributed by atoms with Crippen molar-refractivity contribution in [3.63, 3.8) is 0 Å². The van der Waals surface area contributed by atoms with Gasteiger partial charge < -0.3 is 24.8 Å². The molecule has 0 radical (unpaired) electrons. The third-order valence-electron chi connectivity index (χ3n) is 13.4. The minimum atomic E-state index is -2.64. The fourth-order valence-electron chi connectivity index (χ4n) is 11.3. The molecule has 0 spiro atoms. The van der Waals surface area contributed by atoms with Gasteiger partial charge in [-0.3, -0.25) is 0 Å². The maximum absolute atomic E-state index is 2.76. The molecule has 3 aromatic rings. The minimum absolute atomic E-state index is 0. The van der Waals surface area contributed by atoms with Gasteiger partial charge in [-0.25, -0.2) is 0 Å². The minimum Gasteiger partial charge on any atom is -1.00 e. The van der Waals surface area contributed by atoms with Crippen LogP contribution in [0.25, 0.3) is 11.1 Å². The second-order valence-corrected chi connectivity index (χ2v) is 25.4. The van der Waals surface area contributed by atoms with Gasteiger partial charge in [0.05, 0.1) is 0 Å². The summed E-state index contributed by atoms with van der Waals surface area (Å²) in [7, 11) is 0. The van der Waals surface area contributed by atoms with E-state index in [9.17, 15) is 0 Å². The van der Waals surface area contributed by atoms with E-state index in [1.54, 1.807) is 23.2 Å². The quantitative estimate of drug-likeness (QED) is 0.240. The summed E-state index contributed by atoms with van der Waals surface area (Å²) in [4.78, 5) is 0. The second kappa shape index (κ2) is 13.7. The standard InChI is InChI=1S/C21H25.C18H25.C8H8.2ClH.Zr/c1-20(2,3)16-9-7-14-11-15-8-10-17(21(4,5)6)13-19(15)18(14)12-16;1-12-3-13(2)17(4-12)11-18-8-14-5-15(9-18)7-16(6-14)10-18;1-2-8-6-4-3-5-7-8;;;/h7,9-10,12-13H,11H2,1-6H3;4,12,14-16H,5-11H2,1-2H3;3-7H,1H3;2*1H;/q;;;;;+2/p-2. The van der Waals surface area contributed by atoms with Gasteiger partial charge in [0.25, 0.3) is 0 Å². The largest absolute Gasteiger partial charge is 1.00 e. The van der Waals surface area contributed by atoms with Gasteiger partial charge in [0, 0.05) is 0 Å². The molecular formula is C47H58Cl2Zr. The van der Waals surface area contributed by atoms with E-state index in [2.05, 4.69) is 129 Å². The number of halogens is 2. The van der Waals surface area contributed by atoms with Gasteiger partial charge in [-0.2, -0.15) is 0 Å². The molecule has 0 saturated heterocycles. The normalized spacial score (nSPS) is 26.6. The Hall–Kier alpha value is -1.53. The Balaban J connectivity index is 0.00000216. The predicted octanol–water partition coefficient (Wildman–Crippen LogP) is 5.80. The number of hydrogen-bond donors (Lipinski definition) is 0. The van der Waals surface area contributed by atoms with E-state index in [4.69, 9.17) is 0 Å². The SMILES string of the molecule is CC1=[C](/[Zr+2](=[C](\C)c2ccccc2)[c]2cc(C(C)(C)C)cc3c2Cc2ccc(C(C)(C)C)cc2-3)C(C)C=C1CC12CC3CC(CC(C3)C1)C2.[Cl-].[Cl-]. The maximum atomic E-state index is 2.76. The fraction of sp³-hybridized carbons (Fsp3) is 0.511. The molecule has 4 fully saturated rings. The molecule has 0 nitrogen and oxygen atoms in total. The van der Waals surface area contributed by atoms with Crippen LogP contribution < -0.4 is 28.1 Å². The molecule has 50 heavy (non-hydrogen) atoms. The molecule has 0 amide bonds. The van der Waals surface area contributed by atoms with Gasteiger partial charge in [-0.1, -0.05) is 0 Å². The summed E-state index contributed by atoms with van der Waals surface area (Å²) in [5, 5.41) is 0. The Morgan fingerprint density at radius 1 is 0.760 bits per heavy atom. The fourth-order valence-corrected chi connectivity index (χ4v) is 19.8. The zero-order chi connectivity index (χ0) is 33.7. The van der Waals surface area contributed by atoms with E-state index >= 15 is 0 Å². The van der Waals surface area contributed by atoms with Crippen molar-refractivity contribution in [1.29, 1.82) is 0 Å². The molecule has 3 aromatic carbocycles. The van der Waals surface area contributed by atoms with Crippen LogP contribution in [0.2, 0.25) is 0 Å². The summed E-state index contributed by atoms with van der Waals surface area (Å²) in [5.74, 6) is 3.58. The molecule has 1 atom stereocenters. The molecule has 4 bridgehead atoms. The van der Waals surface area contributed by atoms with Crippen molar-refractivity contribution in [3.05, 3.63) is 109 Å². The Labute approximate surface area is 324 Å². The van der Waals surface area contributed by atoms with Gasteiger partial charge >= 0.3 is 301 Å². The molecule has 3 heteroatoms. The summed E-state index contributed by atoms with van der Waals surface area (Å²) in [5.41, 5.74) is 14.9. The summed E-state index contributed by atoms with van der Waals surface area (Å²) in [6.07, 6.45) is 14.3. The Morgan fingerprint density at radius 3 is 1.92 bits per heavy atom. The molecule has 1 unspecified atom stereocenters. The third kappa shape index (κ3) is 6.73. The molecule has 0 aromatic heterocycles. The van der Waals surface area contributed by atoms with E-state index in [-0.39, 0.29) is 35.6 Å². The number of benzene rings is 3. The number of fused-ring (bicyclic) bond motifs is 3. The van der Waals surface area contributed by atoms with Crippen LogP contribution in [0.3, 0.4) is 0 Å². The molecule has 264 valence electrons. The van der Waals surface area contributed by atoms with Crippen molar-refractivity contribution in [3.8, 4) is 11.1 Å². The van der Waals surface area contributed by atoms with Crippen LogP contribution in [0.4, 0.5) is 0 Å². The van der Waals surface area contributed by atoms with Gasteiger partial charge in [0.2, 0.25) is 0 Å². The van der Waals surface area contributed by atoms with Crippen molar-refractivity contribution >= 4 is 6.48 Å². The first-order valence-electron chi connectivity index (χ1n) is 19.2. The molecule has 0 aliphatic heterocycles. The molecule has 0 heterocycles. The Kier molecular flexibility index (Phi) is 10.5. The van der Waals surface area contributed by atoms with Crippen LogP contribution in [-0.2, 0) is 38.5 Å². The summed E-state index contributed by atoms with van der Waals surface area (Å²) in [6.45, 7) is 22.0. The third-order valence-corrected chi connectivity index (χ3v) is 21.7. The monoisotopic (exact) mass is 782 g/mol. The van der Waals surface area contributed by atoms with Crippen LogP contribution in [0.5, 0.6) is 0 Å². The average molecular weight is 785 g/mol. The molecule has 4 saturated carbocycles. The second-order valence-electron chi connectivity index (χ2n) is 19.1. The Morgan fingerprint density at radius 2 is 1.34 bits per heavy atom. The smallest absolute Gasteiger partial charge is 1.00 e. The van der Waals surface area contributed by atoms with Gasteiger partial charge in [0.1, 0.15) is 0 Å². The molecule has 6 aliphatic rings. The van der Waals surface area contributed by atoms with Crippen molar-refractivity contribution in [2.75, 3.05) is 0 Å². The molecule has 0 N–H and O–H groups in total. The number of hydrogen-bond acceptors (Lipinski definition) is 0. The molecule has 6 aliphatic carbocycles. The number of rotatable bonds is 5. The molecular weight excluding hydrogens is 727 g/mol. The van der Waals surface area contributed by atoms with Crippen LogP contribution in [0, 0.1) is 29.1 Å². The van der Waals surface area contributed by atoms with E-state index < -0.39 is 21.3 Å². The molecule has 9 rings (SSSR count). The van der Waals surface area contributed by atoms with Crippen LogP contribution in [0.1, 0.15) is 135 Å².